The molecule has 4 rings (SSSR count). The Hall–Kier alpha value is -3.86. The van der Waals surface area contributed by atoms with Gasteiger partial charge in [0.15, 0.2) is 5.78 Å². The molecular formula is C28H27NO4. The number of benzene rings is 3. The van der Waals surface area contributed by atoms with Crippen molar-refractivity contribution in [1.82, 2.24) is 5.32 Å². The summed E-state index contributed by atoms with van der Waals surface area (Å²) in [5.41, 5.74) is 6.82. The van der Waals surface area contributed by atoms with Crippen LogP contribution in [-0.2, 0) is 4.74 Å². The molecule has 0 fully saturated rings. The predicted octanol–water partition coefficient (Wildman–Crippen LogP) is 5.85. The molecule has 33 heavy (non-hydrogen) atoms. The Bertz CT molecular complexity index is 1180. The van der Waals surface area contributed by atoms with E-state index in [1.54, 1.807) is 12.1 Å². The van der Waals surface area contributed by atoms with Crippen LogP contribution in [0.15, 0.2) is 66.7 Å². The van der Waals surface area contributed by atoms with Gasteiger partial charge in [-0.05, 0) is 65.8 Å². The van der Waals surface area contributed by atoms with Crippen molar-refractivity contribution in [3.8, 4) is 16.9 Å². The van der Waals surface area contributed by atoms with E-state index in [0.29, 0.717) is 18.5 Å². The molecule has 0 spiro atoms. The topological polar surface area (TPSA) is 75.6 Å². The van der Waals surface area contributed by atoms with Gasteiger partial charge in [-0.15, -0.1) is 0 Å². The number of carbonyl (C=O) groups is 2. The number of aryl methyl sites for hydroxylation is 1. The lowest BCUT2D eigenvalue weighted by molar-refractivity contribution is 0.101. The summed E-state index contributed by atoms with van der Waals surface area (Å²) in [7, 11) is 0. The van der Waals surface area contributed by atoms with Gasteiger partial charge >= 0.3 is 6.09 Å². The van der Waals surface area contributed by atoms with Gasteiger partial charge in [0.05, 0.1) is 5.56 Å². The minimum absolute atomic E-state index is 0.0236. The van der Waals surface area contributed by atoms with E-state index in [1.807, 2.05) is 43.3 Å². The minimum Gasteiger partial charge on any atom is -0.507 e. The fourth-order valence-corrected chi connectivity index (χ4v) is 4.29. The average Bonchev–Trinajstić information content (AvgIpc) is 3.13. The summed E-state index contributed by atoms with van der Waals surface area (Å²) < 4.78 is 5.54. The molecule has 1 amide bonds. The van der Waals surface area contributed by atoms with Crippen LogP contribution in [-0.4, -0.2) is 30.1 Å². The van der Waals surface area contributed by atoms with Gasteiger partial charge in [0.25, 0.3) is 0 Å². The lowest BCUT2D eigenvalue weighted by Gasteiger charge is -2.14. The van der Waals surface area contributed by atoms with Crippen LogP contribution in [0.3, 0.4) is 0 Å². The van der Waals surface area contributed by atoms with Crippen LogP contribution in [0, 0.1) is 6.92 Å². The smallest absolute Gasteiger partial charge is 0.407 e. The van der Waals surface area contributed by atoms with Crippen molar-refractivity contribution in [2.75, 3.05) is 13.2 Å². The van der Waals surface area contributed by atoms with Gasteiger partial charge in [0.1, 0.15) is 12.4 Å². The molecule has 0 saturated heterocycles. The first-order valence-electron chi connectivity index (χ1n) is 11.1. The van der Waals surface area contributed by atoms with Gasteiger partial charge in [0, 0.05) is 12.5 Å². The molecule has 1 aliphatic rings. The quantitative estimate of drug-likeness (QED) is 0.356. The summed E-state index contributed by atoms with van der Waals surface area (Å²) in [5, 5.41) is 12.8. The number of Topliss-reactive ketones (excluding diaryl/α,β-unsaturated/α-hetero) is 1. The number of rotatable bonds is 7. The highest BCUT2D eigenvalue weighted by atomic mass is 16.5. The van der Waals surface area contributed by atoms with Crippen molar-refractivity contribution in [2.45, 2.75) is 26.2 Å². The molecule has 3 aromatic carbocycles. The Labute approximate surface area is 193 Å². The summed E-state index contributed by atoms with van der Waals surface area (Å²) >= 11 is 0. The Morgan fingerprint density at radius 1 is 1.03 bits per heavy atom. The Morgan fingerprint density at radius 3 is 2.30 bits per heavy atom. The van der Waals surface area contributed by atoms with E-state index in [9.17, 15) is 14.7 Å². The fourth-order valence-electron chi connectivity index (χ4n) is 4.29. The zero-order valence-corrected chi connectivity index (χ0v) is 18.8. The van der Waals surface area contributed by atoms with Crippen LogP contribution in [0.2, 0.25) is 0 Å². The molecule has 0 saturated carbocycles. The van der Waals surface area contributed by atoms with Crippen molar-refractivity contribution < 1.29 is 19.4 Å². The van der Waals surface area contributed by atoms with E-state index in [4.69, 9.17) is 4.74 Å². The third-order valence-corrected chi connectivity index (χ3v) is 5.99. The summed E-state index contributed by atoms with van der Waals surface area (Å²) in [6.07, 6.45) is 3.96. The molecule has 0 aromatic heterocycles. The molecule has 1 aliphatic carbocycles. The third kappa shape index (κ3) is 4.82. The number of nitrogens with one attached hydrogen (secondary N) is 1. The second-order valence-corrected chi connectivity index (χ2v) is 8.23. The Balaban J connectivity index is 1.28. The monoisotopic (exact) mass is 441 g/mol. The number of carbonyl (C=O) groups excluding carboxylic acids is 2. The fraction of sp³-hybridized carbons (Fsp3) is 0.214. The first-order chi connectivity index (χ1) is 16.0. The number of fused-ring (bicyclic) bond motifs is 3. The molecule has 2 N–H and O–H groups in total. The van der Waals surface area contributed by atoms with Crippen LogP contribution < -0.4 is 5.32 Å². The zero-order chi connectivity index (χ0) is 23.4. The maximum atomic E-state index is 12.2. The molecule has 0 aliphatic heterocycles. The van der Waals surface area contributed by atoms with Gasteiger partial charge in [-0.3, -0.25) is 4.79 Å². The molecule has 0 heterocycles. The van der Waals surface area contributed by atoms with E-state index in [-0.39, 0.29) is 24.1 Å². The van der Waals surface area contributed by atoms with Crippen molar-refractivity contribution in [2.24, 2.45) is 0 Å². The number of ether oxygens (including phenoxy) is 1. The third-order valence-electron chi connectivity index (χ3n) is 5.99. The lowest BCUT2D eigenvalue weighted by Crippen LogP contribution is -2.26. The van der Waals surface area contributed by atoms with Crippen molar-refractivity contribution in [3.05, 3.63) is 94.6 Å². The molecule has 0 radical (unpaired) electrons. The molecule has 5 heteroatoms. The SMILES string of the molecule is CC(=O)c1cc(C)c(C=CCCNC(=O)OCC2c3ccccc3-c3ccccc32)cc1O. The van der Waals surface area contributed by atoms with Crippen LogP contribution in [0.1, 0.15) is 51.9 Å². The highest BCUT2D eigenvalue weighted by molar-refractivity contribution is 5.97. The zero-order valence-electron chi connectivity index (χ0n) is 18.8. The largest absolute Gasteiger partial charge is 0.507 e. The normalized spacial score (nSPS) is 12.4. The number of phenolic OH excluding ortho intramolecular Hbond substituents is 1. The number of aromatic hydroxyl groups is 1. The van der Waals surface area contributed by atoms with E-state index in [0.717, 1.165) is 11.1 Å². The predicted molar refractivity (Wildman–Crippen MR) is 130 cm³/mol. The molecular weight excluding hydrogens is 414 g/mol. The summed E-state index contributed by atoms with van der Waals surface area (Å²) in [6.45, 7) is 4.04. The van der Waals surface area contributed by atoms with Crippen LogP contribution in [0.4, 0.5) is 4.79 Å². The van der Waals surface area contributed by atoms with E-state index < -0.39 is 6.09 Å². The minimum atomic E-state index is -0.440. The summed E-state index contributed by atoms with van der Waals surface area (Å²) in [4.78, 5) is 23.8. The molecule has 0 unspecified atom stereocenters. The van der Waals surface area contributed by atoms with Gasteiger partial charge in [-0.25, -0.2) is 4.79 Å². The maximum Gasteiger partial charge on any atom is 0.407 e. The first-order valence-corrected chi connectivity index (χ1v) is 11.1. The average molecular weight is 442 g/mol. The number of hydrogen-bond donors (Lipinski definition) is 2. The second kappa shape index (κ2) is 9.74. The summed E-state index contributed by atoms with van der Waals surface area (Å²) in [6, 6.07) is 19.8. The molecule has 5 nitrogen and oxygen atoms in total. The van der Waals surface area contributed by atoms with Crippen LogP contribution >= 0.6 is 0 Å². The number of phenols is 1. The van der Waals surface area contributed by atoms with Crippen LogP contribution in [0.25, 0.3) is 17.2 Å². The van der Waals surface area contributed by atoms with Gasteiger partial charge < -0.3 is 15.2 Å². The standard InChI is InChI=1S/C28H27NO4/c1-18-15-25(19(2)30)27(31)16-20(18)9-7-8-14-29-28(32)33-17-26-23-12-5-3-10-21(23)22-11-4-6-13-24(22)26/h3-7,9-13,15-16,26,31H,8,14,17H2,1-2H3,(H,29,32). The van der Waals surface area contributed by atoms with Crippen molar-refractivity contribution in [3.63, 3.8) is 0 Å². The molecule has 0 bridgehead atoms. The number of ketones is 1. The van der Waals surface area contributed by atoms with Crippen molar-refractivity contribution >= 4 is 18.0 Å². The number of alkyl carbamates (subject to hydrolysis) is 1. The second-order valence-electron chi connectivity index (χ2n) is 8.23. The highest BCUT2D eigenvalue weighted by Crippen LogP contribution is 2.44. The number of hydrogen-bond acceptors (Lipinski definition) is 4. The first kappa shape index (κ1) is 22.3. The van der Waals surface area contributed by atoms with Gasteiger partial charge in [-0.2, -0.15) is 0 Å². The number of amides is 1. The van der Waals surface area contributed by atoms with Crippen molar-refractivity contribution in [1.29, 1.82) is 0 Å². The maximum absolute atomic E-state index is 12.2. The molecule has 0 atom stereocenters. The highest BCUT2D eigenvalue weighted by Gasteiger charge is 2.28. The van der Waals surface area contributed by atoms with E-state index in [1.165, 1.54) is 29.2 Å². The Morgan fingerprint density at radius 2 is 1.67 bits per heavy atom. The summed E-state index contributed by atoms with van der Waals surface area (Å²) in [5.74, 6) is -0.153. The van der Waals surface area contributed by atoms with Gasteiger partial charge in [-0.1, -0.05) is 60.7 Å². The van der Waals surface area contributed by atoms with Crippen LogP contribution in [0.5, 0.6) is 5.75 Å². The molecule has 3 aromatic rings. The van der Waals surface area contributed by atoms with Gasteiger partial charge in [0.2, 0.25) is 0 Å². The van der Waals surface area contributed by atoms with E-state index >= 15 is 0 Å². The lowest BCUT2D eigenvalue weighted by atomic mass is 9.98. The molecule has 168 valence electrons. The van der Waals surface area contributed by atoms with E-state index in [2.05, 4.69) is 29.6 Å². The Kier molecular flexibility index (Phi) is 6.59.